The zero-order valence-corrected chi connectivity index (χ0v) is 13.0. The normalized spacial score (nSPS) is 17.5. The number of rotatable bonds is 4. The summed E-state index contributed by atoms with van der Waals surface area (Å²) in [5, 5.41) is 1.33. The number of likely N-dealkylation sites (tertiary alicyclic amines) is 1. The van der Waals surface area contributed by atoms with E-state index in [1.807, 2.05) is 11.8 Å². The van der Waals surface area contributed by atoms with E-state index in [1.165, 1.54) is 33.6 Å². The number of hydrogen-bond acceptors (Lipinski definition) is 2. The molecule has 1 fully saturated rings. The third-order valence-corrected chi connectivity index (χ3v) is 4.90. The highest BCUT2D eigenvalue weighted by atomic mass is 32.2. The zero-order chi connectivity index (χ0) is 13.9. The molecular weight excluding hydrogens is 266 g/mol. The van der Waals surface area contributed by atoms with Gasteiger partial charge in [0.2, 0.25) is 0 Å². The number of H-pyrrole nitrogens is 1. The number of nitrogens with zero attached hydrogens (tertiary/aromatic N) is 2. The Kier molecular flexibility index (Phi) is 4.01. The summed E-state index contributed by atoms with van der Waals surface area (Å²) >= 11 is 1.89. The fourth-order valence-corrected chi connectivity index (χ4v) is 3.59. The number of aromatic amines is 1. The van der Waals surface area contributed by atoms with Crippen LogP contribution in [0.5, 0.6) is 0 Å². The van der Waals surface area contributed by atoms with Crippen molar-refractivity contribution in [3.63, 3.8) is 0 Å². The van der Waals surface area contributed by atoms with Crippen molar-refractivity contribution in [3.05, 3.63) is 30.0 Å². The molecule has 4 heteroatoms. The largest absolute Gasteiger partial charge is 0.363 e. The van der Waals surface area contributed by atoms with Gasteiger partial charge in [0, 0.05) is 47.8 Å². The molecule has 0 unspecified atom stereocenters. The molecule has 1 aromatic carbocycles. The second kappa shape index (κ2) is 5.92. The smallest absolute Gasteiger partial charge is 0.0987 e. The maximum Gasteiger partial charge on any atom is 0.0987 e. The summed E-state index contributed by atoms with van der Waals surface area (Å²) in [6.45, 7) is 4.21. The van der Waals surface area contributed by atoms with Gasteiger partial charge in [0.15, 0.2) is 0 Å². The van der Waals surface area contributed by atoms with Gasteiger partial charge in [-0.2, -0.15) is 0 Å². The maximum atomic E-state index is 4.71. The molecule has 2 heterocycles. The average Bonchev–Trinajstić information content (AvgIpc) is 3.03. The van der Waals surface area contributed by atoms with Crippen molar-refractivity contribution < 1.29 is 0 Å². The summed E-state index contributed by atoms with van der Waals surface area (Å²) in [7, 11) is 2.14. The van der Waals surface area contributed by atoms with Crippen LogP contribution < -0.4 is 0 Å². The van der Waals surface area contributed by atoms with E-state index in [0.717, 1.165) is 25.3 Å². The standard InChI is InChI=1S/C16H21N3S/c1-12-5-3-6-13-14(11-18-16(12)13)20-10-8-17-15-7-4-9-19(15)2/h3,5-6,11,18H,4,7-10H2,1-2H3/b17-15+. The number of thioether (sulfide) groups is 1. The Balaban J connectivity index is 1.62. The number of hydrogen-bond donors (Lipinski definition) is 1. The lowest BCUT2D eigenvalue weighted by molar-refractivity contribution is 0.548. The van der Waals surface area contributed by atoms with Crippen molar-refractivity contribution in [3.8, 4) is 0 Å². The van der Waals surface area contributed by atoms with Gasteiger partial charge >= 0.3 is 0 Å². The van der Waals surface area contributed by atoms with Crippen LogP contribution in [-0.4, -0.2) is 41.6 Å². The number of nitrogens with one attached hydrogen (secondary N) is 1. The number of amidine groups is 1. The molecule has 1 N–H and O–H groups in total. The Morgan fingerprint density at radius 3 is 3.10 bits per heavy atom. The molecule has 1 aromatic heterocycles. The van der Waals surface area contributed by atoms with Gasteiger partial charge in [-0.05, 0) is 18.9 Å². The minimum absolute atomic E-state index is 0.906. The van der Waals surface area contributed by atoms with E-state index in [1.54, 1.807) is 0 Å². The molecule has 0 saturated carbocycles. The van der Waals surface area contributed by atoms with Crippen LogP contribution in [0.2, 0.25) is 0 Å². The first-order valence-electron chi connectivity index (χ1n) is 7.19. The molecule has 1 aliphatic rings. The Morgan fingerprint density at radius 1 is 1.40 bits per heavy atom. The van der Waals surface area contributed by atoms with Gasteiger partial charge in [-0.3, -0.25) is 4.99 Å². The first-order valence-corrected chi connectivity index (χ1v) is 8.18. The summed E-state index contributed by atoms with van der Waals surface area (Å²) in [5.41, 5.74) is 2.57. The van der Waals surface area contributed by atoms with E-state index in [0.29, 0.717) is 0 Å². The average molecular weight is 287 g/mol. The minimum Gasteiger partial charge on any atom is -0.363 e. The quantitative estimate of drug-likeness (QED) is 0.687. The van der Waals surface area contributed by atoms with Crippen LogP contribution in [0.3, 0.4) is 0 Å². The second-order valence-electron chi connectivity index (χ2n) is 5.32. The van der Waals surface area contributed by atoms with Crippen LogP contribution in [0.15, 0.2) is 34.3 Å². The Bertz CT molecular complexity index is 630. The van der Waals surface area contributed by atoms with Crippen molar-refractivity contribution in [1.29, 1.82) is 0 Å². The van der Waals surface area contributed by atoms with Gasteiger partial charge in [0.25, 0.3) is 0 Å². The number of aryl methyl sites for hydroxylation is 1. The first kappa shape index (κ1) is 13.6. The Labute approximate surface area is 124 Å². The number of benzene rings is 1. The summed E-state index contributed by atoms with van der Waals surface area (Å²) in [5.74, 6) is 2.32. The molecule has 0 aliphatic carbocycles. The van der Waals surface area contributed by atoms with Gasteiger partial charge < -0.3 is 9.88 Å². The SMILES string of the molecule is Cc1cccc2c(SCC/N=C3\CCCN3C)c[nH]c12. The van der Waals surface area contributed by atoms with E-state index >= 15 is 0 Å². The van der Waals surface area contributed by atoms with E-state index < -0.39 is 0 Å². The lowest BCUT2D eigenvalue weighted by atomic mass is 10.2. The lowest BCUT2D eigenvalue weighted by Gasteiger charge is -2.10. The fourth-order valence-electron chi connectivity index (χ4n) is 2.72. The van der Waals surface area contributed by atoms with Crippen molar-refractivity contribution >= 4 is 28.5 Å². The van der Waals surface area contributed by atoms with Crippen LogP contribution >= 0.6 is 11.8 Å². The molecule has 0 atom stereocenters. The Hall–Kier alpha value is -1.42. The molecule has 20 heavy (non-hydrogen) atoms. The monoisotopic (exact) mass is 287 g/mol. The van der Waals surface area contributed by atoms with Crippen LogP contribution in [0.25, 0.3) is 10.9 Å². The maximum absolute atomic E-state index is 4.71. The van der Waals surface area contributed by atoms with Crippen LogP contribution in [0.1, 0.15) is 18.4 Å². The predicted octanol–water partition coefficient (Wildman–Crippen LogP) is 3.69. The second-order valence-corrected chi connectivity index (χ2v) is 6.46. The third kappa shape index (κ3) is 2.70. The molecule has 0 bridgehead atoms. The van der Waals surface area contributed by atoms with Gasteiger partial charge in [0.05, 0.1) is 12.4 Å². The molecule has 3 nitrogen and oxygen atoms in total. The summed E-state index contributed by atoms with van der Waals surface area (Å²) in [4.78, 5) is 11.7. The fraction of sp³-hybridized carbons (Fsp3) is 0.438. The minimum atomic E-state index is 0.906. The molecular formula is C16H21N3S. The van der Waals surface area contributed by atoms with Crippen molar-refractivity contribution in [2.24, 2.45) is 4.99 Å². The number of para-hydroxylation sites is 1. The molecule has 0 spiro atoms. The summed E-state index contributed by atoms with van der Waals surface area (Å²) < 4.78 is 0. The van der Waals surface area contributed by atoms with Gasteiger partial charge in [-0.25, -0.2) is 0 Å². The van der Waals surface area contributed by atoms with Crippen molar-refractivity contribution in [1.82, 2.24) is 9.88 Å². The van der Waals surface area contributed by atoms with E-state index in [4.69, 9.17) is 4.99 Å². The van der Waals surface area contributed by atoms with Gasteiger partial charge in [0.1, 0.15) is 0 Å². The Morgan fingerprint density at radius 2 is 2.30 bits per heavy atom. The van der Waals surface area contributed by atoms with Crippen molar-refractivity contribution in [2.75, 3.05) is 25.9 Å². The highest BCUT2D eigenvalue weighted by Crippen LogP contribution is 2.29. The van der Waals surface area contributed by atoms with Crippen LogP contribution in [0.4, 0.5) is 0 Å². The molecule has 0 amide bonds. The van der Waals surface area contributed by atoms with Crippen molar-refractivity contribution in [2.45, 2.75) is 24.7 Å². The van der Waals surface area contributed by atoms with E-state index in [2.05, 4.69) is 48.3 Å². The molecule has 1 aliphatic heterocycles. The van der Waals surface area contributed by atoms with Gasteiger partial charge in [-0.15, -0.1) is 11.8 Å². The predicted molar refractivity (Wildman–Crippen MR) is 87.9 cm³/mol. The lowest BCUT2D eigenvalue weighted by Crippen LogP contribution is -2.19. The summed E-state index contributed by atoms with van der Waals surface area (Å²) in [6, 6.07) is 6.47. The van der Waals surface area contributed by atoms with E-state index in [-0.39, 0.29) is 0 Å². The van der Waals surface area contributed by atoms with Crippen LogP contribution in [-0.2, 0) is 0 Å². The van der Waals surface area contributed by atoms with E-state index in [9.17, 15) is 0 Å². The first-order chi connectivity index (χ1) is 9.75. The van der Waals surface area contributed by atoms with Crippen LogP contribution in [0, 0.1) is 6.92 Å². The zero-order valence-electron chi connectivity index (χ0n) is 12.1. The summed E-state index contributed by atoms with van der Waals surface area (Å²) in [6.07, 6.45) is 4.52. The number of aromatic nitrogens is 1. The molecule has 2 aromatic rings. The topological polar surface area (TPSA) is 31.4 Å². The molecule has 106 valence electrons. The highest BCUT2D eigenvalue weighted by molar-refractivity contribution is 7.99. The molecule has 3 rings (SSSR count). The number of aliphatic imine (C=N–C) groups is 1. The third-order valence-electron chi connectivity index (χ3n) is 3.86. The molecule has 1 saturated heterocycles. The number of fused-ring (bicyclic) bond motifs is 1. The highest BCUT2D eigenvalue weighted by Gasteiger charge is 2.13. The van der Waals surface area contributed by atoms with Gasteiger partial charge in [-0.1, -0.05) is 18.2 Å². The molecule has 0 radical (unpaired) electrons.